The summed E-state index contributed by atoms with van der Waals surface area (Å²) in [7, 11) is 0. The van der Waals surface area contributed by atoms with E-state index in [-0.39, 0.29) is 0 Å². The molecule has 0 N–H and O–H groups in total. The molecule has 1 aromatic carbocycles. The van der Waals surface area contributed by atoms with E-state index in [1.807, 2.05) is 18.2 Å². The van der Waals surface area contributed by atoms with Gasteiger partial charge in [0, 0.05) is 20.5 Å². The second-order valence-corrected chi connectivity index (χ2v) is 5.88. The third-order valence-corrected chi connectivity index (χ3v) is 4.29. The lowest BCUT2D eigenvalue weighted by Gasteiger charge is -2.10. The lowest BCUT2D eigenvalue weighted by Crippen LogP contribution is -1.96. The van der Waals surface area contributed by atoms with E-state index in [9.17, 15) is 0 Å². The quantitative estimate of drug-likeness (QED) is 0.607. The number of hydrogen-bond acceptors (Lipinski definition) is 2. The summed E-state index contributed by atoms with van der Waals surface area (Å²) in [6.07, 6.45) is 0.985. The lowest BCUT2D eigenvalue weighted by atomic mass is 10.2. The van der Waals surface area contributed by atoms with Crippen LogP contribution in [0.5, 0.6) is 0 Å². The van der Waals surface area contributed by atoms with Crippen LogP contribution in [0.2, 0.25) is 0 Å². The summed E-state index contributed by atoms with van der Waals surface area (Å²) < 4.78 is 0.980. The molecule has 0 bridgehead atoms. The molecule has 0 saturated carbocycles. The van der Waals surface area contributed by atoms with E-state index in [1.165, 1.54) is 0 Å². The van der Waals surface area contributed by atoms with Gasteiger partial charge in [0.05, 0.1) is 11.6 Å². The normalized spacial score (nSPS) is 12.1. The molecular formula is C11H11BrClNS. The van der Waals surface area contributed by atoms with Crippen molar-refractivity contribution in [2.75, 3.05) is 5.88 Å². The maximum Gasteiger partial charge on any atom is 0.0992 e. The van der Waals surface area contributed by atoms with E-state index in [2.05, 4.69) is 28.9 Å². The van der Waals surface area contributed by atoms with Crippen molar-refractivity contribution in [2.45, 2.75) is 23.5 Å². The fourth-order valence-corrected chi connectivity index (χ4v) is 3.20. The SMILES string of the molecule is CC(CCCl)Sc1ccc(C#N)cc1Br. The number of alkyl halides is 1. The van der Waals surface area contributed by atoms with E-state index in [0.717, 1.165) is 15.8 Å². The summed E-state index contributed by atoms with van der Waals surface area (Å²) in [5, 5.41) is 9.22. The number of hydrogen-bond donors (Lipinski definition) is 0. The van der Waals surface area contributed by atoms with E-state index < -0.39 is 0 Å². The topological polar surface area (TPSA) is 23.8 Å². The van der Waals surface area contributed by atoms with Gasteiger partial charge in [-0.25, -0.2) is 0 Å². The first kappa shape index (κ1) is 12.9. The average molecular weight is 305 g/mol. The van der Waals surface area contributed by atoms with Gasteiger partial charge >= 0.3 is 0 Å². The third-order valence-electron chi connectivity index (χ3n) is 1.90. The Bertz CT molecular complexity index is 375. The fraction of sp³-hybridized carbons (Fsp3) is 0.364. The van der Waals surface area contributed by atoms with Crippen LogP contribution in [0.1, 0.15) is 18.9 Å². The molecular weight excluding hydrogens is 294 g/mol. The summed E-state index contributed by atoms with van der Waals surface area (Å²) in [5.74, 6) is 0.683. The number of rotatable bonds is 4. The zero-order chi connectivity index (χ0) is 11.3. The summed E-state index contributed by atoms with van der Waals surface area (Å²) in [4.78, 5) is 1.16. The highest BCUT2D eigenvalue weighted by atomic mass is 79.9. The van der Waals surface area contributed by atoms with Crippen LogP contribution in [0.25, 0.3) is 0 Å². The molecule has 0 fully saturated rings. The second kappa shape index (κ2) is 6.42. The van der Waals surface area contributed by atoms with Gasteiger partial charge in [0.25, 0.3) is 0 Å². The number of benzene rings is 1. The Labute approximate surface area is 108 Å². The standard InChI is InChI=1S/C11H11BrClNS/c1-8(4-5-13)15-11-3-2-9(7-14)6-10(11)12/h2-3,6,8H,4-5H2,1H3. The van der Waals surface area contributed by atoms with Crippen molar-refractivity contribution in [2.24, 2.45) is 0 Å². The van der Waals surface area contributed by atoms with Crippen molar-refractivity contribution in [3.63, 3.8) is 0 Å². The van der Waals surface area contributed by atoms with Gasteiger partial charge in [0.2, 0.25) is 0 Å². The minimum Gasteiger partial charge on any atom is -0.192 e. The van der Waals surface area contributed by atoms with E-state index in [4.69, 9.17) is 16.9 Å². The highest BCUT2D eigenvalue weighted by Gasteiger charge is 2.07. The van der Waals surface area contributed by atoms with Crippen molar-refractivity contribution in [1.82, 2.24) is 0 Å². The molecule has 1 nitrogen and oxygen atoms in total. The smallest absolute Gasteiger partial charge is 0.0992 e. The monoisotopic (exact) mass is 303 g/mol. The van der Waals surface area contributed by atoms with Crippen molar-refractivity contribution < 1.29 is 0 Å². The zero-order valence-electron chi connectivity index (χ0n) is 8.34. The summed E-state index contributed by atoms with van der Waals surface area (Å²) in [6, 6.07) is 7.76. The number of halogens is 2. The second-order valence-electron chi connectivity index (χ2n) is 3.16. The van der Waals surface area contributed by atoms with Crippen molar-refractivity contribution in [3.8, 4) is 6.07 Å². The molecule has 0 aliphatic carbocycles. The molecule has 1 unspecified atom stereocenters. The Morgan fingerprint density at radius 3 is 2.87 bits per heavy atom. The summed E-state index contributed by atoms with van der Waals surface area (Å²) in [6.45, 7) is 2.15. The van der Waals surface area contributed by atoms with Crippen LogP contribution in [0.4, 0.5) is 0 Å². The van der Waals surface area contributed by atoms with E-state index in [1.54, 1.807) is 11.8 Å². The van der Waals surface area contributed by atoms with E-state index in [0.29, 0.717) is 16.7 Å². The zero-order valence-corrected chi connectivity index (χ0v) is 11.5. The van der Waals surface area contributed by atoms with Gasteiger partial charge in [-0.15, -0.1) is 23.4 Å². The highest BCUT2D eigenvalue weighted by Crippen LogP contribution is 2.32. The van der Waals surface area contributed by atoms with Crippen molar-refractivity contribution in [1.29, 1.82) is 5.26 Å². The van der Waals surface area contributed by atoms with Gasteiger partial charge in [-0.2, -0.15) is 5.26 Å². The van der Waals surface area contributed by atoms with Gasteiger partial charge in [-0.1, -0.05) is 6.92 Å². The van der Waals surface area contributed by atoms with Gasteiger partial charge in [0.1, 0.15) is 0 Å². The molecule has 0 spiro atoms. The van der Waals surface area contributed by atoms with Crippen LogP contribution in [-0.2, 0) is 0 Å². The molecule has 80 valence electrons. The maximum atomic E-state index is 8.72. The molecule has 15 heavy (non-hydrogen) atoms. The van der Waals surface area contributed by atoms with Gasteiger partial charge in [-0.05, 0) is 40.5 Å². The molecule has 0 amide bonds. The molecule has 1 atom stereocenters. The number of nitrogens with zero attached hydrogens (tertiary/aromatic N) is 1. The molecule has 1 aromatic rings. The molecule has 1 rings (SSSR count). The Balaban J connectivity index is 2.74. The minimum absolute atomic E-state index is 0.492. The van der Waals surface area contributed by atoms with Crippen LogP contribution in [0.15, 0.2) is 27.6 Å². The molecule has 0 aliphatic heterocycles. The highest BCUT2D eigenvalue weighted by molar-refractivity contribution is 9.10. The fourth-order valence-electron chi connectivity index (χ4n) is 1.10. The first-order valence-corrected chi connectivity index (χ1v) is 6.80. The minimum atomic E-state index is 0.492. The average Bonchev–Trinajstić information content (AvgIpc) is 2.21. The van der Waals surface area contributed by atoms with Crippen molar-refractivity contribution in [3.05, 3.63) is 28.2 Å². The van der Waals surface area contributed by atoms with Crippen LogP contribution >= 0.6 is 39.3 Å². The van der Waals surface area contributed by atoms with Gasteiger partial charge < -0.3 is 0 Å². The lowest BCUT2D eigenvalue weighted by molar-refractivity contribution is 0.912. The number of nitriles is 1. The predicted octanol–water partition coefficient (Wildman–Crippen LogP) is 4.43. The van der Waals surface area contributed by atoms with Crippen LogP contribution in [0.3, 0.4) is 0 Å². The molecule has 0 radical (unpaired) electrons. The van der Waals surface area contributed by atoms with Gasteiger partial charge in [-0.3, -0.25) is 0 Å². The van der Waals surface area contributed by atoms with Gasteiger partial charge in [0.15, 0.2) is 0 Å². The van der Waals surface area contributed by atoms with Crippen LogP contribution in [0, 0.1) is 11.3 Å². The molecule has 0 heterocycles. The van der Waals surface area contributed by atoms with Crippen LogP contribution in [-0.4, -0.2) is 11.1 Å². The Hall–Kier alpha value is -0.170. The van der Waals surface area contributed by atoms with Crippen molar-refractivity contribution >= 4 is 39.3 Å². The maximum absolute atomic E-state index is 8.72. The summed E-state index contributed by atoms with van der Waals surface area (Å²) in [5.41, 5.74) is 0.677. The predicted molar refractivity (Wildman–Crippen MR) is 69.5 cm³/mol. The first-order chi connectivity index (χ1) is 7.17. The largest absolute Gasteiger partial charge is 0.192 e. The summed E-state index contributed by atoms with van der Waals surface area (Å²) >= 11 is 10.9. The first-order valence-electron chi connectivity index (χ1n) is 4.59. The Morgan fingerprint density at radius 1 is 1.60 bits per heavy atom. The number of thioether (sulfide) groups is 1. The van der Waals surface area contributed by atoms with Crippen LogP contribution < -0.4 is 0 Å². The molecule has 0 aromatic heterocycles. The molecule has 4 heteroatoms. The Morgan fingerprint density at radius 2 is 2.33 bits per heavy atom. The molecule has 0 aliphatic rings. The molecule has 0 saturated heterocycles. The Kier molecular flexibility index (Phi) is 5.52. The third kappa shape index (κ3) is 4.06. The van der Waals surface area contributed by atoms with E-state index >= 15 is 0 Å².